The molecule has 0 fully saturated rings. The Labute approximate surface area is 104 Å². The molecule has 0 bridgehead atoms. The molecule has 2 aromatic rings. The smallest absolute Gasteiger partial charge is 0.179 e. The van der Waals surface area contributed by atoms with Crippen LogP contribution in [-0.4, -0.2) is 23.0 Å². The number of ether oxygens (including phenoxy) is 2. The van der Waals surface area contributed by atoms with E-state index in [1.54, 1.807) is 6.20 Å². The molecule has 0 N–H and O–H groups in total. The van der Waals surface area contributed by atoms with Crippen molar-refractivity contribution in [3.05, 3.63) is 41.2 Å². The van der Waals surface area contributed by atoms with Crippen LogP contribution in [0, 0.1) is 0 Å². The summed E-state index contributed by atoms with van der Waals surface area (Å²) >= 11 is 6.15. The minimum absolute atomic E-state index is 0.547. The Hall–Kier alpha value is -1.68. The van der Waals surface area contributed by atoms with E-state index in [0.29, 0.717) is 36.3 Å². The number of hydrogen-bond acceptors (Lipinski definition) is 3. The average Bonchev–Trinajstić information content (AvgIpc) is 2.82. The number of aromatic nitrogens is 2. The standard InChI is InChI=1S/C12H11ClN2O2/c13-10-6-9(8-15-3-1-2-14-15)7-11-12(10)17-5-4-16-11/h1-3,6-7H,4-5,8H2. The van der Waals surface area contributed by atoms with Gasteiger partial charge in [-0.1, -0.05) is 11.6 Å². The predicted octanol–water partition coefficient (Wildman–Crippen LogP) is 2.36. The highest BCUT2D eigenvalue weighted by molar-refractivity contribution is 6.32. The van der Waals surface area contributed by atoms with Crippen molar-refractivity contribution in [2.75, 3.05) is 13.2 Å². The van der Waals surface area contributed by atoms with Crippen molar-refractivity contribution in [1.82, 2.24) is 9.78 Å². The quantitative estimate of drug-likeness (QED) is 0.821. The molecular weight excluding hydrogens is 240 g/mol. The first-order valence-electron chi connectivity index (χ1n) is 5.38. The van der Waals surface area contributed by atoms with Gasteiger partial charge in [0.05, 0.1) is 11.6 Å². The summed E-state index contributed by atoms with van der Waals surface area (Å²) in [4.78, 5) is 0. The van der Waals surface area contributed by atoms with E-state index in [1.807, 2.05) is 29.1 Å². The summed E-state index contributed by atoms with van der Waals surface area (Å²) in [5.74, 6) is 1.35. The molecule has 1 aromatic carbocycles. The molecule has 0 radical (unpaired) electrons. The Balaban J connectivity index is 1.93. The van der Waals surface area contributed by atoms with Gasteiger partial charge >= 0.3 is 0 Å². The molecule has 0 aliphatic carbocycles. The molecule has 3 rings (SSSR count). The van der Waals surface area contributed by atoms with E-state index < -0.39 is 0 Å². The van der Waals surface area contributed by atoms with E-state index in [4.69, 9.17) is 21.1 Å². The van der Waals surface area contributed by atoms with Gasteiger partial charge in [-0.15, -0.1) is 0 Å². The topological polar surface area (TPSA) is 36.3 Å². The van der Waals surface area contributed by atoms with E-state index in [2.05, 4.69) is 5.10 Å². The molecule has 1 aromatic heterocycles. The van der Waals surface area contributed by atoms with Crippen LogP contribution in [0.4, 0.5) is 0 Å². The number of hydrogen-bond donors (Lipinski definition) is 0. The highest BCUT2D eigenvalue weighted by Gasteiger charge is 2.16. The summed E-state index contributed by atoms with van der Waals surface area (Å²) in [6.45, 7) is 1.78. The van der Waals surface area contributed by atoms with Crippen molar-refractivity contribution in [2.24, 2.45) is 0 Å². The first kappa shape index (κ1) is 10.5. The van der Waals surface area contributed by atoms with Gasteiger partial charge in [-0.3, -0.25) is 4.68 Å². The van der Waals surface area contributed by atoms with E-state index in [0.717, 1.165) is 5.56 Å². The molecule has 0 amide bonds. The summed E-state index contributed by atoms with van der Waals surface area (Å²) < 4.78 is 12.8. The van der Waals surface area contributed by atoms with Crippen LogP contribution in [0.15, 0.2) is 30.6 Å². The monoisotopic (exact) mass is 250 g/mol. The lowest BCUT2D eigenvalue weighted by molar-refractivity contribution is 0.171. The molecule has 5 heteroatoms. The Kier molecular flexibility index (Phi) is 2.65. The van der Waals surface area contributed by atoms with Crippen LogP contribution >= 0.6 is 11.6 Å². The summed E-state index contributed by atoms with van der Waals surface area (Å²) in [6, 6.07) is 5.72. The maximum Gasteiger partial charge on any atom is 0.179 e. The van der Waals surface area contributed by atoms with Crippen molar-refractivity contribution in [3.63, 3.8) is 0 Å². The zero-order valence-electron chi connectivity index (χ0n) is 9.10. The van der Waals surface area contributed by atoms with Gasteiger partial charge in [-0.05, 0) is 23.8 Å². The molecule has 4 nitrogen and oxygen atoms in total. The van der Waals surface area contributed by atoms with Crippen LogP contribution in [0.1, 0.15) is 5.56 Å². The van der Waals surface area contributed by atoms with Crippen molar-refractivity contribution in [1.29, 1.82) is 0 Å². The summed E-state index contributed by atoms with van der Waals surface area (Å²) in [5, 5.41) is 4.74. The van der Waals surface area contributed by atoms with Crippen molar-refractivity contribution in [2.45, 2.75) is 6.54 Å². The molecule has 0 unspecified atom stereocenters. The van der Waals surface area contributed by atoms with Gasteiger partial charge in [0.15, 0.2) is 11.5 Å². The number of nitrogens with zero attached hydrogens (tertiary/aromatic N) is 2. The zero-order valence-corrected chi connectivity index (χ0v) is 9.85. The summed E-state index contributed by atoms with van der Waals surface area (Å²) in [7, 11) is 0. The number of halogens is 1. The lowest BCUT2D eigenvalue weighted by Gasteiger charge is -2.20. The highest BCUT2D eigenvalue weighted by Crippen LogP contribution is 2.38. The largest absolute Gasteiger partial charge is 0.486 e. The van der Waals surface area contributed by atoms with Crippen LogP contribution in [-0.2, 0) is 6.54 Å². The molecule has 0 spiro atoms. The Bertz CT molecular complexity index is 526. The summed E-state index contributed by atoms with van der Waals surface area (Å²) in [6.07, 6.45) is 3.66. The first-order chi connectivity index (χ1) is 8.33. The molecule has 17 heavy (non-hydrogen) atoms. The van der Waals surface area contributed by atoms with E-state index in [1.165, 1.54) is 0 Å². The first-order valence-corrected chi connectivity index (χ1v) is 5.76. The second-order valence-corrected chi connectivity index (χ2v) is 4.21. The average molecular weight is 251 g/mol. The van der Waals surface area contributed by atoms with Crippen molar-refractivity contribution in [3.8, 4) is 11.5 Å². The predicted molar refractivity (Wildman–Crippen MR) is 63.8 cm³/mol. The van der Waals surface area contributed by atoms with Gasteiger partial charge in [0.1, 0.15) is 13.2 Å². The van der Waals surface area contributed by atoms with Gasteiger partial charge in [-0.25, -0.2) is 0 Å². The molecule has 2 heterocycles. The minimum atomic E-state index is 0.547. The second kappa shape index (κ2) is 4.30. The number of rotatable bonds is 2. The third-order valence-electron chi connectivity index (χ3n) is 2.56. The lowest BCUT2D eigenvalue weighted by atomic mass is 10.2. The fraction of sp³-hybridized carbons (Fsp3) is 0.250. The Morgan fingerprint density at radius 3 is 3.00 bits per heavy atom. The van der Waals surface area contributed by atoms with E-state index in [-0.39, 0.29) is 0 Å². The van der Waals surface area contributed by atoms with Crippen LogP contribution in [0.5, 0.6) is 11.5 Å². The SMILES string of the molecule is Clc1cc(Cn2cccn2)cc2c1OCCO2. The maximum absolute atomic E-state index is 6.15. The van der Waals surface area contributed by atoms with Crippen LogP contribution < -0.4 is 9.47 Å². The van der Waals surface area contributed by atoms with Crippen LogP contribution in [0.2, 0.25) is 5.02 Å². The number of fused-ring (bicyclic) bond motifs is 1. The maximum atomic E-state index is 6.15. The molecule has 0 saturated carbocycles. The normalized spacial score (nSPS) is 13.7. The van der Waals surface area contributed by atoms with Crippen LogP contribution in [0.3, 0.4) is 0 Å². The van der Waals surface area contributed by atoms with Crippen molar-refractivity contribution < 1.29 is 9.47 Å². The van der Waals surface area contributed by atoms with Crippen LogP contribution in [0.25, 0.3) is 0 Å². The minimum Gasteiger partial charge on any atom is -0.486 e. The molecule has 0 atom stereocenters. The van der Waals surface area contributed by atoms with Gasteiger partial charge < -0.3 is 9.47 Å². The lowest BCUT2D eigenvalue weighted by Crippen LogP contribution is -2.16. The van der Waals surface area contributed by atoms with Gasteiger partial charge in [-0.2, -0.15) is 5.10 Å². The highest BCUT2D eigenvalue weighted by atomic mass is 35.5. The van der Waals surface area contributed by atoms with E-state index in [9.17, 15) is 0 Å². The molecule has 1 aliphatic heterocycles. The fourth-order valence-corrected chi connectivity index (χ4v) is 2.12. The third kappa shape index (κ3) is 2.08. The van der Waals surface area contributed by atoms with E-state index >= 15 is 0 Å². The fourth-order valence-electron chi connectivity index (χ4n) is 1.84. The third-order valence-corrected chi connectivity index (χ3v) is 2.84. The molecular formula is C12H11ClN2O2. The number of benzene rings is 1. The molecule has 1 aliphatic rings. The van der Waals surface area contributed by atoms with Gasteiger partial charge in [0.25, 0.3) is 0 Å². The Morgan fingerprint density at radius 1 is 1.29 bits per heavy atom. The zero-order chi connectivity index (χ0) is 11.7. The Morgan fingerprint density at radius 2 is 2.18 bits per heavy atom. The molecule has 88 valence electrons. The summed E-state index contributed by atoms with van der Waals surface area (Å²) in [5.41, 5.74) is 1.04. The van der Waals surface area contributed by atoms with Gasteiger partial charge in [0, 0.05) is 12.4 Å². The second-order valence-electron chi connectivity index (χ2n) is 3.81. The van der Waals surface area contributed by atoms with Crippen molar-refractivity contribution >= 4 is 11.6 Å². The molecule has 0 saturated heterocycles. The van der Waals surface area contributed by atoms with Gasteiger partial charge in [0.2, 0.25) is 0 Å².